The van der Waals surface area contributed by atoms with E-state index >= 15 is 0 Å². The van der Waals surface area contributed by atoms with E-state index < -0.39 is 53.7 Å². The van der Waals surface area contributed by atoms with Crippen molar-refractivity contribution in [3.63, 3.8) is 0 Å². The summed E-state index contributed by atoms with van der Waals surface area (Å²) in [5.41, 5.74) is 32.2. The van der Waals surface area contributed by atoms with Crippen molar-refractivity contribution in [3.8, 4) is 0 Å². The summed E-state index contributed by atoms with van der Waals surface area (Å²) < 4.78 is 0. The third kappa shape index (κ3) is 19.0. The van der Waals surface area contributed by atoms with Crippen LogP contribution in [0.15, 0.2) is 0 Å². The van der Waals surface area contributed by atoms with Crippen molar-refractivity contribution in [2.75, 3.05) is 19.6 Å². The number of guanidine groups is 3. The molecule has 0 aromatic carbocycles. The van der Waals surface area contributed by atoms with E-state index in [4.69, 9.17) is 50.6 Å². The van der Waals surface area contributed by atoms with Crippen LogP contribution in [0.2, 0.25) is 0 Å². The highest BCUT2D eigenvalue weighted by molar-refractivity contribution is 5.94. The first-order chi connectivity index (χ1) is 20.1. The number of amides is 5. The molecule has 43 heavy (non-hydrogen) atoms. The fourth-order valence-electron chi connectivity index (χ4n) is 3.66. The molecule has 5 amide bonds. The van der Waals surface area contributed by atoms with Crippen LogP contribution in [0.1, 0.15) is 51.4 Å². The lowest BCUT2D eigenvalue weighted by atomic mass is 10.0. The minimum absolute atomic E-state index is 0.0496. The fourth-order valence-corrected chi connectivity index (χ4v) is 3.66. The van der Waals surface area contributed by atoms with Crippen molar-refractivity contribution < 1.29 is 24.0 Å². The van der Waals surface area contributed by atoms with Crippen LogP contribution in [0.25, 0.3) is 0 Å². The summed E-state index contributed by atoms with van der Waals surface area (Å²) in [6, 6.07) is -4.58. The molecule has 21 N–H and O–H groups in total. The number of rotatable bonds is 22. The van der Waals surface area contributed by atoms with Gasteiger partial charge in [0.15, 0.2) is 17.9 Å². The lowest BCUT2D eigenvalue weighted by molar-refractivity contribution is -0.134. The van der Waals surface area contributed by atoms with Crippen molar-refractivity contribution in [2.24, 2.45) is 34.4 Å². The topological polar surface area (TPSA) is 385 Å². The summed E-state index contributed by atoms with van der Waals surface area (Å²) in [5.74, 6) is -4.46. The predicted octanol–water partition coefficient (Wildman–Crippen LogP) is -5.69. The zero-order valence-electron chi connectivity index (χ0n) is 24.1. The molecule has 0 saturated heterocycles. The zero-order chi connectivity index (χ0) is 32.9. The largest absolute Gasteiger partial charge is 0.370 e. The number of primary amides is 2. The van der Waals surface area contributed by atoms with E-state index in [-0.39, 0.29) is 82.5 Å². The quantitative estimate of drug-likeness (QED) is 0.0308. The predicted molar refractivity (Wildman–Crippen MR) is 159 cm³/mol. The molecule has 0 unspecified atom stereocenters. The van der Waals surface area contributed by atoms with Crippen LogP contribution >= 0.6 is 0 Å². The Balaban J connectivity index is 5.71. The van der Waals surface area contributed by atoms with Crippen LogP contribution in [-0.2, 0) is 24.0 Å². The van der Waals surface area contributed by atoms with Crippen molar-refractivity contribution in [3.05, 3.63) is 0 Å². The highest BCUT2D eigenvalue weighted by Gasteiger charge is 2.29. The molecule has 0 saturated carbocycles. The average molecular weight is 614 g/mol. The molecule has 0 aromatic heterocycles. The number of carbonyl (C=O) groups is 5. The second-order valence-corrected chi connectivity index (χ2v) is 9.65. The Morgan fingerprint density at radius 3 is 1.23 bits per heavy atom. The van der Waals surface area contributed by atoms with Gasteiger partial charge in [0.05, 0.1) is 6.04 Å². The van der Waals surface area contributed by atoms with Gasteiger partial charge in [-0.2, -0.15) is 0 Å². The molecule has 0 fully saturated rings. The Kier molecular flexibility index (Phi) is 18.5. The van der Waals surface area contributed by atoms with Crippen LogP contribution in [0.4, 0.5) is 0 Å². The normalized spacial score (nSPS) is 13.2. The smallest absolute Gasteiger partial charge is 0.243 e. The SMILES string of the molecule is N=C(N)NCCC[C@H](NC(=O)[C@H](CCCNC(=N)N)NC(=O)[C@H](CCCNC(=N)N)NC(=O)[C@@H](N)CCC(N)=O)C(N)=O. The molecule has 20 nitrogen and oxygen atoms in total. The monoisotopic (exact) mass is 613 g/mol. The van der Waals surface area contributed by atoms with Crippen molar-refractivity contribution in [1.29, 1.82) is 16.2 Å². The first-order valence-corrected chi connectivity index (χ1v) is 13.6. The molecule has 0 spiro atoms. The lowest BCUT2D eigenvalue weighted by Crippen LogP contribution is -2.57. The van der Waals surface area contributed by atoms with E-state index in [1.54, 1.807) is 0 Å². The maximum absolute atomic E-state index is 13.3. The first-order valence-electron chi connectivity index (χ1n) is 13.6. The van der Waals surface area contributed by atoms with Crippen molar-refractivity contribution in [1.82, 2.24) is 31.9 Å². The number of nitrogens with one attached hydrogen (secondary N) is 9. The fraction of sp³-hybridized carbons (Fsp3) is 0.652. The van der Waals surface area contributed by atoms with Gasteiger partial charge in [-0.05, 0) is 44.9 Å². The van der Waals surface area contributed by atoms with Gasteiger partial charge in [0, 0.05) is 26.1 Å². The molecule has 0 aliphatic carbocycles. The van der Waals surface area contributed by atoms with E-state index in [1.165, 1.54) is 0 Å². The van der Waals surface area contributed by atoms with Gasteiger partial charge in [-0.1, -0.05) is 0 Å². The van der Waals surface area contributed by atoms with E-state index in [0.717, 1.165) is 0 Å². The minimum atomic E-state index is -1.18. The van der Waals surface area contributed by atoms with Crippen LogP contribution in [0.3, 0.4) is 0 Å². The zero-order valence-corrected chi connectivity index (χ0v) is 24.1. The van der Waals surface area contributed by atoms with Crippen LogP contribution in [0.5, 0.6) is 0 Å². The van der Waals surface area contributed by atoms with Gasteiger partial charge in [0.25, 0.3) is 0 Å². The second-order valence-electron chi connectivity index (χ2n) is 9.65. The van der Waals surface area contributed by atoms with Gasteiger partial charge in [-0.15, -0.1) is 0 Å². The van der Waals surface area contributed by atoms with Crippen molar-refractivity contribution >= 4 is 47.4 Å². The third-order valence-electron chi connectivity index (χ3n) is 5.92. The van der Waals surface area contributed by atoms with E-state index in [0.29, 0.717) is 6.42 Å². The number of hydrogen-bond acceptors (Lipinski definition) is 9. The van der Waals surface area contributed by atoms with E-state index in [1.807, 2.05) is 0 Å². The van der Waals surface area contributed by atoms with Crippen LogP contribution in [-0.4, -0.2) is 91.2 Å². The second kappa shape index (κ2) is 20.9. The highest BCUT2D eigenvalue weighted by atomic mass is 16.2. The Morgan fingerprint density at radius 2 is 0.884 bits per heavy atom. The number of nitrogens with two attached hydrogens (primary N) is 6. The van der Waals surface area contributed by atoms with Gasteiger partial charge in [-0.25, -0.2) is 0 Å². The minimum Gasteiger partial charge on any atom is -0.370 e. The van der Waals surface area contributed by atoms with Gasteiger partial charge >= 0.3 is 0 Å². The maximum Gasteiger partial charge on any atom is 0.243 e. The summed E-state index contributed by atoms with van der Waals surface area (Å²) in [6.45, 7) is 0.673. The summed E-state index contributed by atoms with van der Waals surface area (Å²) in [6.07, 6.45) is 0.950. The molecule has 20 heteroatoms. The Hall–Kier alpha value is -4.88. The summed E-state index contributed by atoms with van der Waals surface area (Å²) in [7, 11) is 0. The molecule has 0 aromatic rings. The molecule has 4 atom stereocenters. The molecule has 0 rings (SSSR count). The molecule has 0 radical (unpaired) electrons. The number of carbonyl (C=O) groups excluding carboxylic acids is 5. The molecule has 0 aliphatic rings. The Labute approximate surface area is 249 Å². The Bertz CT molecular complexity index is 992. The summed E-state index contributed by atoms with van der Waals surface area (Å²) in [5, 5.41) is 37.1. The molecule has 244 valence electrons. The number of hydrogen-bond donors (Lipinski definition) is 15. The van der Waals surface area contributed by atoms with E-state index in [2.05, 4.69) is 31.9 Å². The van der Waals surface area contributed by atoms with Crippen molar-refractivity contribution in [2.45, 2.75) is 75.5 Å². The molecule has 0 bridgehead atoms. The first kappa shape index (κ1) is 38.1. The summed E-state index contributed by atoms with van der Waals surface area (Å²) in [4.78, 5) is 62.3. The molecule has 0 aliphatic heterocycles. The Morgan fingerprint density at radius 1 is 0.535 bits per heavy atom. The average Bonchev–Trinajstić information content (AvgIpc) is 2.91. The molecular formula is C23H47N15O5. The lowest BCUT2D eigenvalue weighted by Gasteiger charge is -2.25. The standard InChI is InChI=1S/C23H47N15O5/c24-12(7-8-16(25)39)18(41)37-14(5-2-10-34-22(29)30)20(43)38-15(6-3-11-35-23(31)32)19(42)36-13(17(26)40)4-1-9-33-21(27)28/h12-15H,1-11,24H2,(H2,25,39)(H2,26,40)(H,36,42)(H,37,41)(H,38,43)(H4,27,28,33)(H4,29,30,34)(H4,31,32,35)/t12-,13-,14-,15-/m0/s1. The molecular weight excluding hydrogens is 566 g/mol. The van der Waals surface area contributed by atoms with Gasteiger partial charge in [0.1, 0.15) is 18.1 Å². The van der Waals surface area contributed by atoms with Crippen LogP contribution in [0, 0.1) is 16.2 Å². The van der Waals surface area contributed by atoms with Gasteiger partial charge in [0.2, 0.25) is 29.5 Å². The van der Waals surface area contributed by atoms with E-state index in [9.17, 15) is 24.0 Å². The van der Waals surface area contributed by atoms with Crippen LogP contribution < -0.4 is 66.3 Å². The molecule has 0 heterocycles. The highest BCUT2D eigenvalue weighted by Crippen LogP contribution is 2.06. The third-order valence-corrected chi connectivity index (χ3v) is 5.92. The summed E-state index contributed by atoms with van der Waals surface area (Å²) >= 11 is 0. The van der Waals surface area contributed by atoms with Gasteiger partial charge in [-0.3, -0.25) is 40.2 Å². The van der Waals surface area contributed by atoms with Gasteiger partial charge < -0.3 is 66.3 Å². The maximum atomic E-state index is 13.3.